The molecule has 26 heavy (non-hydrogen) atoms. The molecule has 3 heterocycles. The summed E-state index contributed by atoms with van der Waals surface area (Å²) >= 11 is 0. The van der Waals surface area contributed by atoms with Gasteiger partial charge >= 0.3 is 0 Å². The van der Waals surface area contributed by atoms with E-state index in [1.165, 1.54) is 6.33 Å². The fourth-order valence-electron chi connectivity index (χ4n) is 3.06. The molecule has 8 heteroatoms. The van der Waals surface area contributed by atoms with E-state index in [1.54, 1.807) is 24.2 Å². The molecule has 132 valence electrons. The summed E-state index contributed by atoms with van der Waals surface area (Å²) in [5.74, 6) is 2.33. The molecule has 1 atom stereocenters. The van der Waals surface area contributed by atoms with Gasteiger partial charge in [-0.2, -0.15) is 5.10 Å². The van der Waals surface area contributed by atoms with E-state index in [-0.39, 0.29) is 6.04 Å². The van der Waals surface area contributed by atoms with E-state index in [4.69, 9.17) is 4.74 Å². The first kappa shape index (κ1) is 16.1. The fourth-order valence-corrected chi connectivity index (χ4v) is 3.06. The van der Waals surface area contributed by atoms with E-state index < -0.39 is 0 Å². The number of ether oxygens (including phenoxy) is 1. The van der Waals surface area contributed by atoms with Crippen LogP contribution in [-0.2, 0) is 14.1 Å². The van der Waals surface area contributed by atoms with Gasteiger partial charge in [0, 0.05) is 32.1 Å². The standard InChI is InChI=1S/C18H19N7O/c1-24-9-8-19-18(24)15(12-6-4-5-7-14(12)26-3)23-16-13-10-22-25(2)17(13)21-11-20-16/h4-11,15H,1-3H3,(H,20,21,23)/t15-/m0/s1. The number of aromatic nitrogens is 6. The maximum atomic E-state index is 5.57. The van der Waals surface area contributed by atoms with Gasteiger partial charge in [-0.05, 0) is 6.07 Å². The molecule has 0 amide bonds. The summed E-state index contributed by atoms with van der Waals surface area (Å²) in [6, 6.07) is 7.64. The van der Waals surface area contributed by atoms with Crippen molar-refractivity contribution in [3.63, 3.8) is 0 Å². The highest BCUT2D eigenvalue weighted by Gasteiger charge is 2.23. The zero-order chi connectivity index (χ0) is 18.1. The fraction of sp³-hybridized carbons (Fsp3) is 0.222. The summed E-state index contributed by atoms with van der Waals surface area (Å²) in [6.45, 7) is 0. The highest BCUT2D eigenvalue weighted by molar-refractivity contribution is 5.86. The first-order chi connectivity index (χ1) is 12.7. The Kier molecular flexibility index (Phi) is 4.00. The highest BCUT2D eigenvalue weighted by atomic mass is 16.5. The van der Waals surface area contributed by atoms with E-state index in [0.717, 1.165) is 28.2 Å². The maximum Gasteiger partial charge on any atom is 0.163 e. The molecule has 1 aromatic carbocycles. The van der Waals surface area contributed by atoms with Gasteiger partial charge in [0.05, 0.1) is 18.7 Å². The summed E-state index contributed by atoms with van der Waals surface area (Å²) in [4.78, 5) is 13.3. The van der Waals surface area contributed by atoms with Crippen LogP contribution >= 0.6 is 0 Å². The molecule has 0 aliphatic carbocycles. The number of methoxy groups -OCH3 is 1. The van der Waals surface area contributed by atoms with Gasteiger partial charge < -0.3 is 14.6 Å². The minimum absolute atomic E-state index is 0.246. The van der Waals surface area contributed by atoms with Crippen LogP contribution in [0.1, 0.15) is 17.4 Å². The van der Waals surface area contributed by atoms with Crippen molar-refractivity contribution >= 4 is 16.9 Å². The predicted molar refractivity (Wildman–Crippen MR) is 98.0 cm³/mol. The number of fused-ring (bicyclic) bond motifs is 1. The number of nitrogens with zero attached hydrogens (tertiary/aromatic N) is 6. The first-order valence-corrected chi connectivity index (χ1v) is 8.18. The lowest BCUT2D eigenvalue weighted by Crippen LogP contribution is -2.18. The van der Waals surface area contributed by atoms with Crippen LogP contribution in [0.25, 0.3) is 11.0 Å². The lowest BCUT2D eigenvalue weighted by molar-refractivity contribution is 0.408. The van der Waals surface area contributed by atoms with Gasteiger partial charge in [-0.3, -0.25) is 4.68 Å². The third-order valence-electron chi connectivity index (χ3n) is 4.38. The van der Waals surface area contributed by atoms with Crippen molar-refractivity contribution in [3.8, 4) is 5.75 Å². The van der Waals surface area contributed by atoms with Crippen LogP contribution in [0.4, 0.5) is 5.82 Å². The Labute approximate surface area is 150 Å². The Morgan fingerprint density at radius 2 is 1.96 bits per heavy atom. The number of hydrogen-bond donors (Lipinski definition) is 1. The highest BCUT2D eigenvalue weighted by Crippen LogP contribution is 2.33. The molecular weight excluding hydrogens is 330 g/mol. The van der Waals surface area contributed by atoms with Crippen molar-refractivity contribution in [3.05, 3.63) is 60.6 Å². The number of para-hydroxylation sites is 1. The Hall–Kier alpha value is -3.42. The van der Waals surface area contributed by atoms with Crippen molar-refractivity contribution < 1.29 is 4.74 Å². The van der Waals surface area contributed by atoms with Crippen LogP contribution in [0.2, 0.25) is 0 Å². The number of anilines is 1. The second-order valence-corrected chi connectivity index (χ2v) is 5.94. The Morgan fingerprint density at radius 3 is 2.73 bits per heavy atom. The number of benzene rings is 1. The average molecular weight is 349 g/mol. The van der Waals surface area contributed by atoms with Gasteiger partial charge in [-0.1, -0.05) is 18.2 Å². The van der Waals surface area contributed by atoms with Gasteiger partial charge in [0.2, 0.25) is 0 Å². The number of nitrogens with one attached hydrogen (secondary N) is 1. The molecule has 1 N–H and O–H groups in total. The van der Waals surface area contributed by atoms with E-state index >= 15 is 0 Å². The van der Waals surface area contributed by atoms with Gasteiger partial charge in [0.15, 0.2) is 5.65 Å². The number of aryl methyl sites for hydroxylation is 2. The van der Waals surface area contributed by atoms with Crippen molar-refractivity contribution in [2.75, 3.05) is 12.4 Å². The first-order valence-electron chi connectivity index (χ1n) is 8.18. The van der Waals surface area contributed by atoms with Crippen LogP contribution in [0.15, 0.2) is 49.2 Å². The molecule has 0 saturated heterocycles. The average Bonchev–Trinajstić information content (AvgIpc) is 3.26. The minimum Gasteiger partial charge on any atom is -0.496 e. The maximum absolute atomic E-state index is 5.57. The van der Waals surface area contributed by atoms with Crippen LogP contribution < -0.4 is 10.1 Å². The molecule has 0 unspecified atom stereocenters. The van der Waals surface area contributed by atoms with Crippen molar-refractivity contribution in [2.24, 2.45) is 14.1 Å². The van der Waals surface area contributed by atoms with E-state index in [0.29, 0.717) is 5.82 Å². The van der Waals surface area contributed by atoms with Gasteiger partial charge in [-0.15, -0.1) is 0 Å². The monoisotopic (exact) mass is 349 g/mol. The van der Waals surface area contributed by atoms with E-state index in [9.17, 15) is 0 Å². The summed E-state index contributed by atoms with van der Waals surface area (Å²) in [7, 11) is 5.49. The molecule has 0 aliphatic rings. The molecule has 4 aromatic rings. The van der Waals surface area contributed by atoms with Gasteiger partial charge in [0.1, 0.15) is 29.8 Å². The van der Waals surface area contributed by atoms with Crippen molar-refractivity contribution in [2.45, 2.75) is 6.04 Å². The third kappa shape index (κ3) is 2.65. The Balaban J connectivity index is 1.85. The smallest absolute Gasteiger partial charge is 0.163 e. The SMILES string of the molecule is COc1ccccc1[C@H](Nc1ncnc2c1cnn2C)c1nccn1C. The molecular formula is C18H19N7O. The molecule has 0 aliphatic heterocycles. The largest absolute Gasteiger partial charge is 0.496 e. The lowest BCUT2D eigenvalue weighted by atomic mass is 10.0. The molecule has 0 spiro atoms. The zero-order valence-corrected chi connectivity index (χ0v) is 14.8. The Bertz CT molecular complexity index is 1050. The summed E-state index contributed by atoms with van der Waals surface area (Å²) in [6.07, 6.45) is 6.98. The molecule has 0 radical (unpaired) electrons. The van der Waals surface area contributed by atoms with Gasteiger partial charge in [0.25, 0.3) is 0 Å². The molecule has 0 fully saturated rings. The van der Waals surface area contributed by atoms with E-state index in [1.807, 2.05) is 49.1 Å². The number of imidazole rings is 1. The Morgan fingerprint density at radius 1 is 1.12 bits per heavy atom. The predicted octanol–water partition coefficient (Wildman–Crippen LogP) is 2.31. The van der Waals surface area contributed by atoms with Crippen LogP contribution in [0.3, 0.4) is 0 Å². The second-order valence-electron chi connectivity index (χ2n) is 5.94. The van der Waals surface area contributed by atoms with Crippen LogP contribution in [0.5, 0.6) is 5.75 Å². The molecule has 4 rings (SSSR count). The molecule has 0 bridgehead atoms. The van der Waals surface area contributed by atoms with E-state index in [2.05, 4.69) is 25.4 Å². The summed E-state index contributed by atoms with van der Waals surface area (Å²) < 4.78 is 9.27. The van der Waals surface area contributed by atoms with Crippen molar-refractivity contribution in [1.29, 1.82) is 0 Å². The van der Waals surface area contributed by atoms with Gasteiger partial charge in [-0.25, -0.2) is 15.0 Å². The van der Waals surface area contributed by atoms with Crippen LogP contribution in [-0.4, -0.2) is 36.4 Å². The number of hydrogen-bond acceptors (Lipinski definition) is 6. The summed E-state index contributed by atoms with van der Waals surface area (Å²) in [5, 5.41) is 8.63. The molecule has 0 saturated carbocycles. The summed E-state index contributed by atoms with van der Waals surface area (Å²) in [5.41, 5.74) is 1.74. The second kappa shape index (κ2) is 6.47. The molecule has 8 nitrogen and oxygen atoms in total. The number of rotatable bonds is 5. The molecule has 3 aromatic heterocycles. The quantitative estimate of drug-likeness (QED) is 0.595. The zero-order valence-electron chi connectivity index (χ0n) is 14.8. The minimum atomic E-state index is -0.246. The normalized spacial score (nSPS) is 12.3. The lowest BCUT2D eigenvalue weighted by Gasteiger charge is -2.21. The third-order valence-corrected chi connectivity index (χ3v) is 4.38. The van der Waals surface area contributed by atoms with Crippen molar-refractivity contribution in [1.82, 2.24) is 29.3 Å². The van der Waals surface area contributed by atoms with Crippen LogP contribution in [0, 0.1) is 0 Å². The topological polar surface area (TPSA) is 82.7 Å².